The van der Waals surface area contributed by atoms with Crippen molar-refractivity contribution in [1.29, 1.82) is 0 Å². The van der Waals surface area contributed by atoms with E-state index in [4.69, 9.17) is 5.73 Å². The quantitative estimate of drug-likeness (QED) is 0.493. The maximum atomic E-state index is 14.4. The minimum Gasteiger partial charge on any atom is -0.383 e. The number of tetrazole rings is 1. The largest absolute Gasteiger partial charge is 0.383 e. The van der Waals surface area contributed by atoms with Crippen molar-refractivity contribution < 1.29 is 8.78 Å². The van der Waals surface area contributed by atoms with Crippen molar-refractivity contribution in [2.24, 2.45) is 0 Å². The number of pyridine rings is 1. The van der Waals surface area contributed by atoms with Crippen LogP contribution in [0.4, 0.5) is 14.6 Å². The summed E-state index contributed by atoms with van der Waals surface area (Å²) in [5.41, 5.74) is 8.07. The van der Waals surface area contributed by atoms with Crippen LogP contribution in [0.15, 0.2) is 42.9 Å². The number of hydrogen-bond donors (Lipinski definition) is 2. The van der Waals surface area contributed by atoms with Crippen LogP contribution in [0, 0.1) is 11.6 Å². The number of aromatic nitrogens is 7. The number of benzene rings is 1. The van der Waals surface area contributed by atoms with Gasteiger partial charge < -0.3 is 11.1 Å². The highest BCUT2D eigenvalue weighted by Crippen LogP contribution is 2.35. The van der Waals surface area contributed by atoms with Gasteiger partial charge in [0, 0.05) is 35.6 Å². The van der Waals surface area contributed by atoms with E-state index in [2.05, 4.69) is 30.9 Å². The lowest BCUT2D eigenvalue weighted by molar-refractivity contribution is 0.281. The Bertz CT molecular complexity index is 1320. The summed E-state index contributed by atoms with van der Waals surface area (Å²) >= 11 is 0. The van der Waals surface area contributed by atoms with Crippen molar-refractivity contribution in [3.63, 3.8) is 0 Å². The molecule has 0 spiro atoms. The molecule has 2 aliphatic heterocycles. The number of fused-ring (bicyclic) bond motifs is 2. The molecule has 33 heavy (non-hydrogen) atoms. The van der Waals surface area contributed by atoms with Crippen molar-refractivity contribution >= 4 is 5.82 Å². The van der Waals surface area contributed by atoms with Gasteiger partial charge in [0.2, 0.25) is 0 Å². The second kappa shape index (κ2) is 7.69. The molecule has 3 aromatic heterocycles. The maximum absolute atomic E-state index is 14.4. The number of nitrogens with two attached hydrogens (primary N) is 1. The number of hydrogen-bond acceptors (Lipinski definition) is 7. The molecule has 4 aromatic rings. The number of nitrogens with zero attached hydrogens (tertiary/aromatic N) is 7. The molecular formula is C22H21F2N9. The zero-order chi connectivity index (χ0) is 22.5. The van der Waals surface area contributed by atoms with E-state index in [0.29, 0.717) is 23.7 Å². The summed E-state index contributed by atoms with van der Waals surface area (Å²) < 4.78 is 31.3. The van der Waals surface area contributed by atoms with E-state index in [1.807, 2.05) is 10.9 Å². The Morgan fingerprint density at radius 1 is 1.06 bits per heavy atom. The zero-order valence-electron chi connectivity index (χ0n) is 17.6. The Balaban J connectivity index is 1.35. The van der Waals surface area contributed by atoms with E-state index >= 15 is 0 Å². The Hall–Kier alpha value is -3.73. The number of halogens is 2. The van der Waals surface area contributed by atoms with Gasteiger partial charge in [0.15, 0.2) is 17.5 Å². The first kappa shape index (κ1) is 19.9. The van der Waals surface area contributed by atoms with E-state index in [-0.39, 0.29) is 17.3 Å². The lowest BCUT2D eigenvalue weighted by Gasteiger charge is -2.29. The average Bonchev–Trinajstić information content (AvgIpc) is 3.56. The van der Waals surface area contributed by atoms with Gasteiger partial charge in [-0.1, -0.05) is 6.07 Å². The van der Waals surface area contributed by atoms with Crippen molar-refractivity contribution in [2.45, 2.75) is 43.8 Å². The number of piperidine rings is 1. The first-order valence-corrected chi connectivity index (χ1v) is 10.9. The highest BCUT2D eigenvalue weighted by molar-refractivity contribution is 5.76. The molecule has 6 rings (SSSR count). The Labute approximate surface area is 187 Å². The van der Waals surface area contributed by atoms with E-state index in [0.717, 1.165) is 34.7 Å². The topological polar surface area (TPSA) is 112 Å². The number of nitrogens with one attached hydrogen (secondary N) is 1. The van der Waals surface area contributed by atoms with Gasteiger partial charge in [-0.25, -0.2) is 13.8 Å². The zero-order valence-corrected chi connectivity index (χ0v) is 17.6. The Morgan fingerprint density at radius 3 is 2.70 bits per heavy atom. The van der Waals surface area contributed by atoms with Gasteiger partial charge in [-0.15, -0.1) is 5.10 Å². The van der Waals surface area contributed by atoms with E-state index < -0.39 is 11.6 Å². The van der Waals surface area contributed by atoms with Gasteiger partial charge in [0.05, 0.1) is 17.8 Å². The first-order chi connectivity index (χ1) is 16.1. The van der Waals surface area contributed by atoms with Crippen LogP contribution in [0.1, 0.15) is 31.7 Å². The smallest absolute Gasteiger partial charge is 0.190 e. The van der Waals surface area contributed by atoms with Gasteiger partial charge in [0.1, 0.15) is 11.5 Å². The van der Waals surface area contributed by atoms with Gasteiger partial charge >= 0.3 is 0 Å². The summed E-state index contributed by atoms with van der Waals surface area (Å²) in [6.07, 6.45) is 10.1. The van der Waals surface area contributed by atoms with Gasteiger partial charge in [-0.3, -0.25) is 4.68 Å². The summed E-state index contributed by atoms with van der Waals surface area (Å²) in [6, 6.07) is 7.09. The molecule has 0 radical (unpaired) electrons. The molecule has 9 nitrogen and oxygen atoms in total. The molecule has 2 unspecified atom stereocenters. The van der Waals surface area contributed by atoms with Crippen LogP contribution >= 0.6 is 0 Å². The standard InChI is InChI=1S/C22H21F2N9/c23-18-2-1-3-19(20(18)24)33-22(29-30-31-33)17-6-12(9-26-21(17)25)13-10-27-32(11-13)16-7-14-4-5-15(8-16)28-14/h1-3,6,9-11,14-16,28H,4-5,7-8H2,(H2,25,26). The van der Waals surface area contributed by atoms with Crippen LogP contribution in [0.2, 0.25) is 0 Å². The van der Waals surface area contributed by atoms with E-state index in [1.54, 1.807) is 18.5 Å². The SMILES string of the molecule is Nc1ncc(-c2cnn(C3CC4CCC(C3)N4)c2)cc1-c1nnnn1-c1cccc(F)c1F. The molecule has 1 aromatic carbocycles. The molecule has 2 bridgehead atoms. The molecule has 2 atom stereocenters. The summed E-state index contributed by atoms with van der Waals surface area (Å²) in [4.78, 5) is 4.30. The second-order valence-corrected chi connectivity index (χ2v) is 8.62. The molecular weight excluding hydrogens is 428 g/mol. The molecule has 168 valence electrons. The fraction of sp³-hybridized carbons (Fsp3) is 0.318. The maximum Gasteiger partial charge on any atom is 0.190 e. The Morgan fingerprint density at radius 2 is 1.88 bits per heavy atom. The van der Waals surface area contributed by atoms with Crippen molar-refractivity contribution in [2.75, 3.05) is 5.73 Å². The van der Waals surface area contributed by atoms with Crippen LogP contribution in [-0.4, -0.2) is 47.1 Å². The highest BCUT2D eigenvalue weighted by Gasteiger charge is 2.34. The molecule has 2 aliphatic rings. The Kier molecular flexibility index (Phi) is 4.64. The lowest BCUT2D eigenvalue weighted by atomic mass is 10.00. The van der Waals surface area contributed by atoms with Gasteiger partial charge in [-0.2, -0.15) is 9.78 Å². The van der Waals surface area contributed by atoms with Crippen LogP contribution in [-0.2, 0) is 0 Å². The summed E-state index contributed by atoms with van der Waals surface area (Å²) in [5, 5.41) is 19.7. The molecule has 11 heteroatoms. The third-order valence-electron chi connectivity index (χ3n) is 6.55. The molecule has 5 heterocycles. The third-order valence-corrected chi connectivity index (χ3v) is 6.55. The number of rotatable bonds is 4. The van der Waals surface area contributed by atoms with E-state index in [1.165, 1.54) is 25.0 Å². The number of anilines is 1. The van der Waals surface area contributed by atoms with Crippen LogP contribution < -0.4 is 11.1 Å². The average molecular weight is 449 g/mol. The van der Waals surface area contributed by atoms with Crippen molar-refractivity contribution in [1.82, 2.24) is 40.3 Å². The van der Waals surface area contributed by atoms with Crippen LogP contribution in [0.5, 0.6) is 0 Å². The molecule has 2 saturated heterocycles. The third kappa shape index (κ3) is 3.44. The predicted octanol–water partition coefficient (Wildman–Crippen LogP) is 2.90. The summed E-state index contributed by atoms with van der Waals surface area (Å²) in [6.45, 7) is 0. The minimum atomic E-state index is -1.05. The monoisotopic (exact) mass is 449 g/mol. The fourth-order valence-electron chi connectivity index (χ4n) is 4.92. The molecule has 0 aliphatic carbocycles. The lowest BCUT2D eigenvalue weighted by Crippen LogP contribution is -2.38. The molecule has 0 amide bonds. The molecule has 2 fully saturated rings. The first-order valence-electron chi connectivity index (χ1n) is 10.9. The minimum absolute atomic E-state index is 0.117. The van der Waals surface area contributed by atoms with Gasteiger partial charge in [0.25, 0.3) is 0 Å². The summed E-state index contributed by atoms with van der Waals surface area (Å²) in [5.74, 6) is -1.71. The van der Waals surface area contributed by atoms with Crippen LogP contribution in [0.3, 0.4) is 0 Å². The predicted molar refractivity (Wildman–Crippen MR) is 116 cm³/mol. The highest BCUT2D eigenvalue weighted by atomic mass is 19.2. The van der Waals surface area contributed by atoms with Crippen molar-refractivity contribution in [3.05, 3.63) is 54.5 Å². The molecule has 3 N–H and O–H groups in total. The van der Waals surface area contributed by atoms with E-state index in [9.17, 15) is 8.78 Å². The second-order valence-electron chi connectivity index (χ2n) is 8.62. The number of nitrogen functional groups attached to an aromatic ring is 1. The fourth-order valence-corrected chi connectivity index (χ4v) is 4.92. The summed E-state index contributed by atoms with van der Waals surface area (Å²) in [7, 11) is 0. The molecule has 0 saturated carbocycles. The van der Waals surface area contributed by atoms with Crippen LogP contribution in [0.25, 0.3) is 28.2 Å². The van der Waals surface area contributed by atoms with Crippen molar-refractivity contribution in [3.8, 4) is 28.2 Å². The normalized spacial score (nSPS) is 22.1. The van der Waals surface area contributed by atoms with Gasteiger partial charge in [-0.05, 0) is 54.3 Å².